The number of carbonyl (C=O) groups is 1. The fourth-order valence-electron chi connectivity index (χ4n) is 2.20. The van der Waals surface area contributed by atoms with Crippen molar-refractivity contribution >= 4 is 5.91 Å². The maximum Gasteiger partial charge on any atom is 0.252 e. The lowest BCUT2D eigenvalue weighted by Crippen LogP contribution is -2.46. The highest BCUT2D eigenvalue weighted by atomic mass is 16.5. The zero-order valence-electron chi connectivity index (χ0n) is 11.7. The zero-order chi connectivity index (χ0) is 13.5. The molecule has 0 aromatic carbocycles. The van der Waals surface area contributed by atoms with E-state index in [9.17, 15) is 4.79 Å². The van der Waals surface area contributed by atoms with Gasteiger partial charge >= 0.3 is 0 Å². The largest absolute Gasteiger partial charge is 0.383 e. The SMILES string of the molecule is CCC(C)N(CCOC)C(=O)C1CCC(CN)O1. The molecule has 0 saturated carbocycles. The first-order chi connectivity index (χ1) is 8.63. The van der Waals surface area contributed by atoms with Crippen molar-refractivity contribution in [2.45, 2.75) is 51.4 Å². The van der Waals surface area contributed by atoms with Crippen molar-refractivity contribution < 1.29 is 14.3 Å². The van der Waals surface area contributed by atoms with Gasteiger partial charge in [0.15, 0.2) is 0 Å². The van der Waals surface area contributed by atoms with Crippen LogP contribution in [0.2, 0.25) is 0 Å². The summed E-state index contributed by atoms with van der Waals surface area (Å²) in [4.78, 5) is 14.3. The van der Waals surface area contributed by atoms with Crippen LogP contribution in [0.1, 0.15) is 33.1 Å². The highest BCUT2D eigenvalue weighted by Crippen LogP contribution is 2.21. The van der Waals surface area contributed by atoms with Crippen molar-refractivity contribution in [3.63, 3.8) is 0 Å². The third-order valence-corrected chi connectivity index (χ3v) is 3.59. The molecule has 0 aromatic heterocycles. The molecule has 18 heavy (non-hydrogen) atoms. The summed E-state index contributed by atoms with van der Waals surface area (Å²) >= 11 is 0. The van der Waals surface area contributed by atoms with Gasteiger partial charge in [-0.25, -0.2) is 0 Å². The minimum absolute atomic E-state index is 0.0418. The van der Waals surface area contributed by atoms with Crippen molar-refractivity contribution in [3.8, 4) is 0 Å². The van der Waals surface area contributed by atoms with Gasteiger partial charge in [0.1, 0.15) is 6.10 Å². The first-order valence-electron chi connectivity index (χ1n) is 6.78. The van der Waals surface area contributed by atoms with Crippen LogP contribution in [0.3, 0.4) is 0 Å². The topological polar surface area (TPSA) is 64.8 Å². The van der Waals surface area contributed by atoms with E-state index in [-0.39, 0.29) is 24.2 Å². The molecular formula is C13H26N2O3. The van der Waals surface area contributed by atoms with Gasteiger partial charge in [-0.1, -0.05) is 6.92 Å². The Balaban J connectivity index is 2.58. The highest BCUT2D eigenvalue weighted by Gasteiger charge is 2.33. The molecule has 3 unspecified atom stereocenters. The van der Waals surface area contributed by atoms with Crippen LogP contribution in [0.4, 0.5) is 0 Å². The standard InChI is InChI=1S/C13H26N2O3/c1-4-10(2)15(7-8-17-3)13(16)12-6-5-11(9-14)18-12/h10-12H,4-9,14H2,1-3H3. The van der Waals surface area contributed by atoms with E-state index >= 15 is 0 Å². The van der Waals surface area contributed by atoms with Crippen molar-refractivity contribution in [1.29, 1.82) is 0 Å². The Morgan fingerprint density at radius 2 is 2.28 bits per heavy atom. The van der Waals surface area contributed by atoms with E-state index in [4.69, 9.17) is 15.2 Å². The van der Waals surface area contributed by atoms with Crippen LogP contribution in [0.15, 0.2) is 0 Å². The van der Waals surface area contributed by atoms with Gasteiger partial charge in [-0.3, -0.25) is 4.79 Å². The Bertz CT molecular complexity index is 261. The van der Waals surface area contributed by atoms with Crippen LogP contribution in [-0.4, -0.2) is 55.9 Å². The van der Waals surface area contributed by atoms with Crippen molar-refractivity contribution in [2.24, 2.45) is 5.73 Å². The van der Waals surface area contributed by atoms with Gasteiger partial charge in [0.2, 0.25) is 0 Å². The van der Waals surface area contributed by atoms with E-state index in [2.05, 4.69) is 13.8 Å². The number of hydrogen-bond donors (Lipinski definition) is 1. The van der Waals surface area contributed by atoms with Crippen LogP contribution in [0.25, 0.3) is 0 Å². The van der Waals surface area contributed by atoms with E-state index < -0.39 is 0 Å². The van der Waals surface area contributed by atoms with Gasteiger partial charge < -0.3 is 20.1 Å². The second kappa shape index (κ2) is 7.71. The molecular weight excluding hydrogens is 232 g/mol. The van der Waals surface area contributed by atoms with Gasteiger partial charge in [0, 0.05) is 26.2 Å². The summed E-state index contributed by atoms with van der Waals surface area (Å²) in [5, 5.41) is 0. The number of nitrogens with zero attached hydrogens (tertiary/aromatic N) is 1. The zero-order valence-corrected chi connectivity index (χ0v) is 11.7. The minimum atomic E-state index is -0.315. The molecule has 0 aromatic rings. The van der Waals surface area contributed by atoms with Crippen LogP contribution in [0.5, 0.6) is 0 Å². The van der Waals surface area contributed by atoms with E-state index in [0.29, 0.717) is 19.7 Å². The number of nitrogens with two attached hydrogens (primary N) is 1. The quantitative estimate of drug-likeness (QED) is 0.732. The second-order valence-electron chi connectivity index (χ2n) is 4.84. The molecule has 5 nitrogen and oxygen atoms in total. The van der Waals surface area contributed by atoms with Crippen LogP contribution >= 0.6 is 0 Å². The van der Waals surface area contributed by atoms with Crippen molar-refractivity contribution in [1.82, 2.24) is 4.90 Å². The third-order valence-electron chi connectivity index (χ3n) is 3.59. The lowest BCUT2D eigenvalue weighted by atomic mass is 10.1. The predicted molar refractivity (Wildman–Crippen MR) is 70.3 cm³/mol. The number of ether oxygens (including phenoxy) is 2. The summed E-state index contributed by atoms with van der Waals surface area (Å²) in [6, 6.07) is 0.216. The lowest BCUT2D eigenvalue weighted by molar-refractivity contribution is -0.145. The predicted octanol–water partition coefficient (Wildman–Crippen LogP) is 0.766. The van der Waals surface area contributed by atoms with E-state index in [1.54, 1.807) is 7.11 Å². The molecule has 106 valence electrons. The third kappa shape index (κ3) is 3.93. The summed E-state index contributed by atoms with van der Waals surface area (Å²) in [5.41, 5.74) is 5.57. The average Bonchev–Trinajstić information content (AvgIpc) is 2.87. The molecule has 3 atom stereocenters. The Hall–Kier alpha value is -0.650. The average molecular weight is 258 g/mol. The number of methoxy groups -OCH3 is 1. The van der Waals surface area contributed by atoms with Gasteiger partial charge in [-0.2, -0.15) is 0 Å². The molecule has 0 bridgehead atoms. The fraction of sp³-hybridized carbons (Fsp3) is 0.923. The smallest absolute Gasteiger partial charge is 0.252 e. The van der Waals surface area contributed by atoms with Crippen LogP contribution in [-0.2, 0) is 14.3 Å². The molecule has 1 fully saturated rings. The molecule has 0 radical (unpaired) electrons. The van der Waals surface area contributed by atoms with E-state index in [1.807, 2.05) is 4.90 Å². The number of carbonyl (C=O) groups excluding carboxylic acids is 1. The Morgan fingerprint density at radius 3 is 2.78 bits per heavy atom. The summed E-state index contributed by atoms with van der Waals surface area (Å²) in [5.74, 6) is 0.0809. The minimum Gasteiger partial charge on any atom is -0.383 e. The molecule has 1 amide bonds. The lowest BCUT2D eigenvalue weighted by Gasteiger charge is -2.30. The summed E-state index contributed by atoms with van der Waals surface area (Å²) in [6.45, 7) is 5.81. The van der Waals surface area contributed by atoms with E-state index in [1.165, 1.54) is 0 Å². The van der Waals surface area contributed by atoms with Crippen LogP contribution < -0.4 is 5.73 Å². The Kier molecular flexibility index (Phi) is 6.60. The normalized spacial score (nSPS) is 25.1. The summed E-state index contributed by atoms with van der Waals surface area (Å²) in [6.07, 6.45) is 2.32. The number of hydrogen-bond acceptors (Lipinski definition) is 4. The number of amides is 1. The van der Waals surface area contributed by atoms with Gasteiger partial charge in [0.25, 0.3) is 5.91 Å². The van der Waals surface area contributed by atoms with Gasteiger partial charge in [0.05, 0.1) is 12.7 Å². The molecule has 2 N–H and O–H groups in total. The molecule has 1 saturated heterocycles. The second-order valence-corrected chi connectivity index (χ2v) is 4.84. The Morgan fingerprint density at radius 1 is 1.56 bits per heavy atom. The first kappa shape index (κ1) is 15.4. The molecule has 0 spiro atoms. The monoisotopic (exact) mass is 258 g/mol. The maximum absolute atomic E-state index is 12.4. The molecule has 0 aliphatic carbocycles. The number of rotatable bonds is 7. The van der Waals surface area contributed by atoms with Crippen molar-refractivity contribution in [2.75, 3.05) is 26.8 Å². The van der Waals surface area contributed by atoms with Crippen LogP contribution in [0, 0.1) is 0 Å². The highest BCUT2D eigenvalue weighted by molar-refractivity contribution is 5.81. The summed E-state index contributed by atoms with van der Waals surface area (Å²) < 4.78 is 10.7. The Labute approximate surface area is 110 Å². The molecule has 1 heterocycles. The maximum atomic E-state index is 12.4. The molecule has 1 aliphatic rings. The summed E-state index contributed by atoms with van der Waals surface area (Å²) in [7, 11) is 1.65. The molecule has 5 heteroatoms. The molecule has 1 aliphatic heterocycles. The van der Waals surface area contributed by atoms with Crippen molar-refractivity contribution in [3.05, 3.63) is 0 Å². The first-order valence-corrected chi connectivity index (χ1v) is 6.78. The fourth-order valence-corrected chi connectivity index (χ4v) is 2.20. The van der Waals surface area contributed by atoms with Gasteiger partial charge in [-0.15, -0.1) is 0 Å². The van der Waals surface area contributed by atoms with E-state index in [0.717, 1.165) is 19.3 Å². The molecule has 1 rings (SSSR count). The van der Waals surface area contributed by atoms with Gasteiger partial charge in [-0.05, 0) is 26.2 Å².